The van der Waals surface area contributed by atoms with Gasteiger partial charge in [-0.1, -0.05) is 30.3 Å². The number of hydrogen-bond acceptors (Lipinski definition) is 3. The Kier molecular flexibility index (Phi) is 5.12. The quantitative estimate of drug-likeness (QED) is 0.827. The number of ether oxygens (including phenoxy) is 1. The largest absolute Gasteiger partial charge is 0.380 e. The molecule has 1 atom stereocenters. The molecule has 0 amide bonds. The minimum atomic E-state index is 0.236. The Morgan fingerprint density at radius 2 is 2.05 bits per heavy atom. The van der Waals surface area contributed by atoms with Crippen molar-refractivity contribution in [2.24, 2.45) is 0 Å². The molecule has 2 aromatic rings. The zero-order valence-electron chi connectivity index (χ0n) is 11.5. The van der Waals surface area contributed by atoms with Gasteiger partial charge in [0.25, 0.3) is 0 Å². The third-order valence-corrected chi connectivity index (χ3v) is 3.04. The second kappa shape index (κ2) is 7.07. The van der Waals surface area contributed by atoms with E-state index in [-0.39, 0.29) is 6.10 Å². The number of nitrogens with zero attached hydrogens (tertiary/aromatic N) is 2. The predicted molar refractivity (Wildman–Crippen MR) is 75.9 cm³/mol. The summed E-state index contributed by atoms with van der Waals surface area (Å²) in [5, 5.41) is 7.73. The van der Waals surface area contributed by atoms with Gasteiger partial charge in [-0.05, 0) is 12.5 Å². The van der Waals surface area contributed by atoms with Gasteiger partial charge >= 0.3 is 0 Å². The van der Waals surface area contributed by atoms with E-state index in [0.29, 0.717) is 0 Å². The van der Waals surface area contributed by atoms with Gasteiger partial charge < -0.3 is 10.1 Å². The molecule has 1 N–H and O–H groups in total. The van der Waals surface area contributed by atoms with Crippen LogP contribution in [0, 0.1) is 0 Å². The van der Waals surface area contributed by atoms with Gasteiger partial charge in [0.15, 0.2) is 0 Å². The monoisotopic (exact) mass is 259 g/mol. The van der Waals surface area contributed by atoms with Gasteiger partial charge in [0.05, 0.1) is 18.8 Å². The number of methoxy groups -OCH3 is 1. The maximum atomic E-state index is 5.19. The highest BCUT2D eigenvalue weighted by Crippen LogP contribution is 2.03. The number of nitrogens with one attached hydrogen (secondary N) is 1. The van der Waals surface area contributed by atoms with Crippen LogP contribution >= 0.6 is 0 Å². The molecule has 0 saturated carbocycles. The minimum Gasteiger partial charge on any atom is -0.380 e. The highest BCUT2D eigenvalue weighted by molar-refractivity contribution is 5.15. The fourth-order valence-electron chi connectivity index (χ4n) is 1.86. The molecule has 0 aliphatic heterocycles. The van der Waals surface area contributed by atoms with Gasteiger partial charge in [0, 0.05) is 32.0 Å². The molecule has 4 heteroatoms. The lowest BCUT2D eigenvalue weighted by Crippen LogP contribution is -2.25. The molecule has 1 aromatic carbocycles. The summed E-state index contributed by atoms with van der Waals surface area (Å²) < 4.78 is 7.15. The summed E-state index contributed by atoms with van der Waals surface area (Å²) in [6, 6.07) is 10.3. The van der Waals surface area contributed by atoms with Crippen LogP contribution in [-0.2, 0) is 17.8 Å². The topological polar surface area (TPSA) is 39.1 Å². The average Bonchev–Trinajstić information content (AvgIpc) is 2.87. The Hall–Kier alpha value is -1.65. The first-order valence-corrected chi connectivity index (χ1v) is 6.56. The van der Waals surface area contributed by atoms with Gasteiger partial charge in [-0.2, -0.15) is 5.10 Å². The van der Waals surface area contributed by atoms with Crippen LogP contribution in [0.15, 0.2) is 42.7 Å². The standard InChI is InChI=1S/C15H21N3O/c1-13(19-2)8-16-9-15-10-17-18(12-15)11-14-6-4-3-5-7-14/h3-7,10,12-13,16H,8-9,11H2,1-2H3. The van der Waals surface area contributed by atoms with E-state index in [9.17, 15) is 0 Å². The maximum absolute atomic E-state index is 5.19. The first-order chi connectivity index (χ1) is 9.28. The number of hydrogen-bond donors (Lipinski definition) is 1. The normalized spacial score (nSPS) is 12.5. The van der Waals surface area contributed by atoms with Crippen molar-refractivity contribution in [3.05, 3.63) is 53.9 Å². The summed E-state index contributed by atoms with van der Waals surface area (Å²) in [4.78, 5) is 0. The molecular formula is C15H21N3O. The van der Waals surface area contributed by atoms with Crippen molar-refractivity contribution >= 4 is 0 Å². The molecular weight excluding hydrogens is 238 g/mol. The van der Waals surface area contributed by atoms with Crippen molar-refractivity contribution in [2.45, 2.75) is 26.1 Å². The molecule has 0 aliphatic carbocycles. The fraction of sp³-hybridized carbons (Fsp3) is 0.400. The van der Waals surface area contributed by atoms with Crippen molar-refractivity contribution in [2.75, 3.05) is 13.7 Å². The van der Waals surface area contributed by atoms with Gasteiger partial charge in [0.2, 0.25) is 0 Å². The van der Waals surface area contributed by atoms with Gasteiger partial charge in [-0.25, -0.2) is 0 Å². The van der Waals surface area contributed by atoms with Crippen LogP contribution in [0.4, 0.5) is 0 Å². The van der Waals surface area contributed by atoms with E-state index >= 15 is 0 Å². The first kappa shape index (κ1) is 13.8. The second-order valence-corrected chi connectivity index (χ2v) is 4.71. The summed E-state index contributed by atoms with van der Waals surface area (Å²) in [6.45, 7) is 4.53. The SMILES string of the molecule is COC(C)CNCc1cnn(Cc2ccccc2)c1. The lowest BCUT2D eigenvalue weighted by molar-refractivity contribution is 0.117. The average molecular weight is 259 g/mol. The summed E-state index contributed by atoms with van der Waals surface area (Å²) >= 11 is 0. The van der Waals surface area contributed by atoms with E-state index in [1.807, 2.05) is 36.0 Å². The Labute approximate surface area is 114 Å². The molecule has 102 valence electrons. The van der Waals surface area contributed by atoms with E-state index in [1.165, 1.54) is 11.1 Å². The van der Waals surface area contributed by atoms with Crippen LogP contribution in [0.2, 0.25) is 0 Å². The third-order valence-electron chi connectivity index (χ3n) is 3.04. The molecule has 4 nitrogen and oxygen atoms in total. The van der Waals surface area contributed by atoms with Crippen LogP contribution in [0.1, 0.15) is 18.1 Å². The van der Waals surface area contributed by atoms with Gasteiger partial charge in [0.1, 0.15) is 0 Å². The van der Waals surface area contributed by atoms with Crippen LogP contribution < -0.4 is 5.32 Å². The number of rotatable bonds is 7. The Morgan fingerprint density at radius 3 is 2.79 bits per heavy atom. The fourth-order valence-corrected chi connectivity index (χ4v) is 1.86. The molecule has 0 radical (unpaired) electrons. The molecule has 0 bridgehead atoms. The van der Waals surface area contributed by atoms with Crippen molar-refractivity contribution in [1.82, 2.24) is 15.1 Å². The maximum Gasteiger partial charge on any atom is 0.0667 e. The van der Waals surface area contributed by atoms with Gasteiger partial charge in [-0.15, -0.1) is 0 Å². The van der Waals surface area contributed by atoms with Crippen LogP contribution in [0.3, 0.4) is 0 Å². The smallest absolute Gasteiger partial charge is 0.0667 e. The summed E-state index contributed by atoms with van der Waals surface area (Å²) in [5.74, 6) is 0. The molecule has 0 spiro atoms. The molecule has 2 rings (SSSR count). The van der Waals surface area contributed by atoms with E-state index in [4.69, 9.17) is 4.74 Å². The molecule has 1 heterocycles. The molecule has 0 aliphatic rings. The summed E-state index contributed by atoms with van der Waals surface area (Å²) in [6.07, 6.45) is 4.23. The van der Waals surface area contributed by atoms with E-state index in [0.717, 1.165) is 19.6 Å². The van der Waals surface area contributed by atoms with Crippen molar-refractivity contribution in [1.29, 1.82) is 0 Å². The van der Waals surface area contributed by atoms with Crippen LogP contribution in [0.5, 0.6) is 0 Å². The van der Waals surface area contributed by atoms with Crippen LogP contribution in [0.25, 0.3) is 0 Å². The first-order valence-electron chi connectivity index (χ1n) is 6.56. The molecule has 19 heavy (non-hydrogen) atoms. The predicted octanol–water partition coefficient (Wildman–Crippen LogP) is 2.06. The van der Waals surface area contributed by atoms with Crippen molar-refractivity contribution < 1.29 is 4.74 Å². The molecule has 1 unspecified atom stereocenters. The van der Waals surface area contributed by atoms with E-state index in [2.05, 4.69) is 28.7 Å². The zero-order chi connectivity index (χ0) is 13.5. The van der Waals surface area contributed by atoms with Crippen LogP contribution in [-0.4, -0.2) is 29.5 Å². The van der Waals surface area contributed by atoms with E-state index in [1.54, 1.807) is 7.11 Å². The highest BCUT2D eigenvalue weighted by Gasteiger charge is 2.01. The van der Waals surface area contributed by atoms with E-state index < -0.39 is 0 Å². The molecule has 1 aromatic heterocycles. The van der Waals surface area contributed by atoms with Crippen molar-refractivity contribution in [3.8, 4) is 0 Å². The van der Waals surface area contributed by atoms with Crippen molar-refractivity contribution in [3.63, 3.8) is 0 Å². The highest BCUT2D eigenvalue weighted by atomic mass is 16.5. The summed E-state index contributed by atoms with van der Waals surface area (Å²) in [5.41, 5.74) is 2.46. The summed E-state index contributed by atoms with van der Waals surface area (Å²) in [7, 11) is 1.73. The minimum absolute atomic E-state index is 0.236. The Bertz CT molecular complexity index is 481. The third kappa shape index (κ3) is 4.50. The Morgan fingerprint density at radius 1 is 1.26 bits per heavy atom. The number of aromatic nitrogens is 2. The molecule has 0 saturated heterocycles. The second-order valence-electron chi connectivity index (χ2n) is 4.71. The van der Waals surface area contributed by atoms with Gasteiger partial charge in [-0.3, -0.25) is 4.68 Å². The zero-order valence-corrected chi connectivity index (χ0v) is 11.5. The number of benzene rings is 1. The Balaban J connectivity index is 1.82. The molecule has 0 fully saturated rings. The lowest BCUT2D eigenvalue weighted by atomic mass is 10.2. The lowest BCUT2D eigenvalue weighted by Gasteiger charge is -2.09.